The number of nitrogens with one attached hydrogen (secondary N) is 2. The minimum Gasteiger partial charge on any atom is -0.366 e. The zero-order valence-corrected chi connectivity index (χ0v) is 9.36. The predicted molar refractivity (Wildman–Crippen MR) is 59.7 cm³/mol. The standard InChI is InChI=1S/C10H17N5O/c1-6(7-4-2-3-5-7)12-9(16)8-13-10(11)15-14-8/h6-7H,2-5H2,1H3,(H,12,16)(H3,11,13,14,15). The van der Waals surface area contributed by atoms with E-state index in [2.05, 4.69) is 20.5 Å². The molecule has 2 rings (SSSR count). The predicted octanol–water partition coefficient (Wildman–Crippen LogP) is 0.695. The minimum absolute atomic E-state index is 0.0960. The van der Waals surface area contributed by atoms with Crippen LogP contribution in [0.3, 0.4) is 0 Å². The molecule has 4 N–H and O–H groups in total. The Kier molecular flexibility index (Phi) is 3.07. The molecule has 1 amide bonds. The summed E-state index contributed by atoms with van der Waals surface area (Å²) in [5, 5.41) is 9.05. The second kappa shape index (κ2) is 4.51. The van der Waals surface area contributed by atoms with E-state index in [1.54, 1.807) is 0 Å². The fourth-order valence-corrected chi connectivity index (χ4v) is 2.23. The first-order valence-corrected chi connectivity index (χ1v) is 5.65. The average molecular weight is 223 g/mol. The molecule has 1 unspecified atom stereocenters. The highest BCUT2D eigenvalue weighted by molar-refractivity contribution is 5.90. The first-order chi connectivity index (χ1) is 7.66. The number of anilines is 1. The van der Waals surface area contributed by atoms with Gasteiger partial charge in [-0.15, -0.1) is 5.10 Å². The van der Waals surface area contributed by atoms with Gasteiger partial charge in [0.15, 0.2) is 0 Å². The molecule has 0 spiro atoms. The van der Waals surface area contributed by atoms with Crippen molar-refractivity contribution >= 4 is 11.9 Å². The van der Waals surface area contributed by atoms with Gasteiger partial charge in [-0.05, 0) is 25.7 Å². The molecule has 6 nitrogen and oxygen atoms in total. The molecule has 1 fully saturated rings. The monoisotopic (exact) mass is 223 g/mol. The van der Waals surface area contributed by atoms with Gasteiger partial charge in [0.2, 0.25) is 11.8 Å². The summed E-state index contributed by atoms with van der Waals surface area (Å²) in [6, 6.07) is 0.182. The van der Waals surface area contributed by atoms with Crippen molar-refractivity contribution in [1.29, 1.82) is 0 Å². The molecule has 0 saturated heterocycles. The largest absolute Gasteiger partial charge is 0.366 e. The van der Waals surface area contributed by atoms with E-state index in [9.17, 15) is 4.79 Å². The lowest BCUT2D eigenvalue weighted by molar-refractivity contribution is 0.0917. The number of nitrogen functional groups attached to an aromatic ring is 1. The second-order valence-corrected chi connectivity index (χ2v) is 4.35. The number of hydrogen-bond acceptors (Lipinski definition) is 4. The Morgan fingerprint density at radius 2 is 2.25 bits per heavy atom. The van der Waals surface area contributed by atoms with Gasteiger partial charge in [0.05, 0.1) is 0 Å². The third-order valence-electron chi connectivity index (χ3n) is 3.18. The first-order valence-electron chi connectivity index (χ1n) is 5.65. The molecule has 1 aliphatic carbocycles. The highest BCUT2D eigenvalue weighted by Gasteiger charge is 2.23. The highest BCUT2D eigenvalue weighted by Crippen LogP contribution is 2.27. The van der Waals surface area contributed by atoms with Gasteiger partial charge in [-0.2, -0.15) is 4.98 Å². The topological polar surface area (TPSA) is 96.7 Å². The number of carbonyl (C=O) groups is 1. The lowest BCUT2D eigenvalue weighted by Gasteiger charge is -2.19. The van der Waals surface area contributed by atoms with Crippen LogP contribution in [0.2, 0.25) is 0 Å². The van der Waals surface area contributed by atoms with Gasteiger partial charge in [-0.25, -0.2) is 0 Å². The number of H-pyrrole nitrogens is 1. The molecule has 1 aromatic rings. The van der Waals surface area contributed by atoms with Crippen molar-refractivity contribution in [2.75, 3.05) is 5.73 Å². The molecule has 1 aliphatic rings. The Balaban J connectivity index is 1.91. The number of amides is 1. The second-order valence-electron chi connectivity index (χ2n) is 4.35. The van der Waals surface area contributed by atoms with E-state index in [1.807, 2.05) is 6.92 Å². The Bertz CT molecular complexity index is 369. The molecule has 0 aromatic carbocycles. The molecule has 1 saturated carbocycles. The SMILES string of the molecule is CC(NC(=O)c1nc(N)n[nH]1)C1CCCC1. The van der Waals surface area contributed by atoms with Crippen LogP contribution in [0.15, 0.2) is 0 Å². The van der Waals surface area contributed by atoms with Crippen molar-refractivity contribution in [3.8, 4) is 0 Å². The molecule has 1 atom stereocenters. The van der Waals surface area contributed by atoms with Crippen LogP contribution in [0, 0.1) is 5.92 Å². The molecule has 1 aromatic heterocycles. The molecule has 0 aliphatic heterocycles. The third kappa shape index (κ3) is 2.32. The number of hydrogen-bond donors (Lipinski definition) is 3. The van der Waals surface area contributed by atoms with E-state index < -0.39 is 0 Å². The maximum Gasteiger partial charge on any atom is 0.288 e. The molecule has 88 valence electrons. The quantitative estimate of drug-likeness (QED) is 0.702. The average Bonchev–Trinajstić information content (AvgIpc) is 2.87. The van der Waals surface area contributed by atoms with E-state index in [1.165, 1.54) is 25.7 Å². The van der Waals surface area contributed by atoms with Crippen LogP contribution < -0.4 is 11.1 Å². The zero-order valence-electron chi connectivity index (χ0n) is 9.36. The summed E-state index contributed by atoms with van der Waals surface area (Å²) in [5.41, 5.74) is 5.34. The van der Waals surface area contributed by atoms with Crippen LogP contribution in [0.4, 0.5) is 5.95 Å². The maximum absolute atomic E-state index is 11.7. The maximum atomic E-state index is 11.7. The van der Waals surface area contributed by atoms with Crippen LogP contribution in [0.25, 0.3) is 0 Å². The number of nitrogens with zero attached hydrogens (tertiary/aromatic N) is 2. The smallest absolute Gasteiger partial charge is 0.288 e. The van der Waals surface area contributed by atoms with Crippen molar-refractivity contribution in [3.05, 3.63) is 5.82 Å². The Hall–Kier alpha value is -1.59. The van der Waals surface area contributed by atoms with Crippen molar-refractivity contribution in [2.24, 2.45) is 5.92 Å². The Morgan fingerprint density at radius 3 is 2.81 bits per heavy atom. The fourth-order valence-electron chi connectivity index (χ4n) is 2.23. The van der Waals surface area contributed by atoms with Crippen molar-refractivity contribution < 1.29 is 4.79 Å². The van der Waals surface area contributed by atoms with Gasteiger partial charge in [0, 0.05) is 6.04 Å². The summed E-state index contributed by atoms with van der Waals surface area (Å²) >= 11 is 0. The van der Waals surface area contributed by atoms with E-state index >= 15 is 0 Å². The molecule has 0 bridgehead atoms. The summed E-state index contributed by atoms with van der Waals surface area (Å²) < 4.78 is 0. The van der Waals surface area contributed by atoms with Crippen molar-refractivity contribution in [3.63, 3.8) is 0 Å². The van der Waals surface area contributed by atoms with E-state index in [-0.39, 0.29) is 23.7 Å². The lowest BCUT2D eigenvalue weighted by atomic mass is 10.00. The number of aromatic nitrogens is 3. The third-order valence-corrected chi connectivity index (χ3v) is 3.18. The molecule has 16 heavy (non-hydrogen) atoms. The van der Waals surface area contributed by atoms with Gasteiger partial charge in [-0.3, -0.25) is 9.89 Å². The molecule has 0 radical (unpaired) electrons. The highest BCUT2D eigenvalue weighted by atomic mass is 16.2. The summed E-state index contributed by atoms with van der Waals surface area (Å²) in [5.74, 6) is 0.633. The van der Waals surface area contributed by atoms with Crippen LogP contribution in [-0.4, -0.2) is 27.1 Å². The zero-order chi connectivity index (χ0) is 11.5. The van der Waals surface area contributed by atoms with E-state index in [0.29, 0.717) is 5.92 Å². The normalized spacial score (nSPS) is 18.6. The van der Waals surface area contributed by atoms with Gasteiger partial charge in [0.1, 0.15) is 0 Å². The molecular weight excluding hydrogens is 206 g/mol. The molecule has 6 heteroatoms. The van der Waals surface area contributed by atoms with E-state index in [0.717, 1.165) is 0 Å². The van der Waals surface area contributed by atoms with Crippen LogP contribution in [0.1, 0.15) is 43.2 Å². The minimum atomic E-state index is -0.233. The number of aromatic amines is 1. The van der Waals surface area contributed by atoms with Gasteiger partial charge in [0.25, 0.3) is 5.91 Å². The summed E-state index contributed by atoms with van der Waals surface area (Å²) in [6.45, 7) is 2.04. The summed E-state index contributed by atoms with van der Waals surface area (Å²) in [7, 11) is 0. The van der Waals surface area contributed by atoms with Crippen molar-refractivity contribution in [1.82, 2.24) is 20.5 Å². The van der Waals surface area contributed by atoms with Crippen LogP contribution >= 0.6 is 0 Å². The van der Waals surface area contributed by atoms with Crippen molar-refractivity contribution in [2.45, 2.75) is 38.6 Å². The van der Waals surface area contributed by atoms with E-state index in [4.69, 9.17) is 5.73 Å². The lowest BCUT2D eigenvalue weighted by Crippen LogP contribution is -2.37. The van der Waals surface area contributed by atoms with Crippen LogP contribution in [-0.2, 0) is 0 Å². The Morgan fingerprint density at radius 1 is 1.56 bits per heavy atom. The van der Waals surface area contributed by atoms with Gasteiger partial charge in [-0.1, -0.05) is 12.8 Å². The number of rotatable bonds is 3. The fraction of sp³-hybridized carbons (Fsp3) is 0.700. The van der Waals surface area contributed by atoms with Gasteiger partial charge >= 0.3 is 0 Å². The van der Waals surface area contributed by atoms with Crippen LogP contribution in [0.5, 0.6) is 0 Å². The molecular formula is C10H17N5O. The Labute approximate surface area is 94.0 Å². The van der Waals surface area contributed by atoms with Gasteiger partial charge < -0.3 is 11.1 Å². The first kappa shape index (κ1) is 10.9. The number of nitrogens with two attached hydrogens (primary N) is 1. The summed E-state index contributed by atoms with van der Waals surface area (Å²) in [6.07, 6.45) is 4.92. The number of carbonyl (C=O) groups excluding carboxylic acids is 1. The summed E-state index contributed by atoms with van der Waals surface area (Å²) in [4.78, 5) is 15.5. The molecule has 1 heterocycles.